The van der Waals surface area contributed by atoms with E-state index in [0.29, 0.717) is 0 Å². The van der Waals surface area contributed by atoms with Crippen molar-refractivity contribution < 1.29 is 5.11 Å². The normalized spacial score (nSPS) is 16.4. The minimum Gasteiger partial charge on any atom is -0.393 e. The summed E-state index contributed by atoms with van der Waals surface area (Å²) in [6.45, 7) is 3.55. The van der Waals surface area contributed by atoms with E-state index in [1.54, 1.807) is 0 Å². The molecule has 0 spiro atoms. The van der Waals surface area contributed by atoms with Gasteiger partial charge in [-0.2, -0.15) is 0 Å². The van der Waals surface area contributed by atoms with Crippen LogP contribution in [0.4, 0.5) is 5.69 Å². The quantitative estimate of drug-likeness (QED) is 0.872. The summed E-state index contributed by atoms with van der Waals surface area (Å²) in [6.07, 6.45) is 1.62. The number of likely N-dealkylation sites (tertiary alicyclic amines) is 1. The maximum absolute atomic E-state index is 9.63. The maximum Gasteiger partial charge on any atom is 0.0564 e. The van der Waals surface area contributed by atoms with Crippen molar-refractivity contribution >= 4 is 17.3 Å². The Balaban J connectivity index is 1.65. The van der Waals surface area contributed by atoms with Gasteiger partial charge in [-0.25, -0.2) is 0 Å². The van der Waals surface area contributed by atoms with Crippen molar-refractivity contribution in [1.29, 1.82) is 0 Å². The third kappa shape index (κ3) is 4.47. The fraction of sp³-hybridized carbons (Fsp3) is 0.368. The summed E-state index contributed by atoms with van der Waals surface area (Å²) in [5, 5.41) is 13.9. The second kappa shape index (κ2) is 7.82. The lowest BCUT2D eigenvalue weighted by Crippen LogP contribution is -2.35. The monoisotopic (exact) mass is 330 g/mol. The summed E-state index contributed by atoms with van der Waals surface area (Å²) in [5.41, 5.74) is 3.54. The second-order valence-electron chi connectivity index (χ2n) is 6.11. The van der Waals surface area contributed by atoms with Crippen LogP contribution in [0.25, 0.3) is 0 Å². The van der Waals surface area contributed by atoms with Gasteiger partial charge in [-0.1, -0.05) is 48.0 Å². The molecule has 1 saturated heterocycles. The lowest BCUT2D eigenvalue weighted by Gasteiger charge is -2.30. The third-order valence-corrected chi connectivity index (χ3v) is 4.76. The van der Waals surface area contributed by atoms with E-state index < -0.39 is 0 Å². The molecule has 1 aliphatic heterocycles. The van der Waals surface area contributed by atoms with Crippen LogP contribution in [-0.2, 0) is 13.1 Å². The number of anilines is 1. The van der Waals surface area contributed by atoms with Crippen LogP contribution in [0.5, 0.6) is 0 Å². The summed E-state index contributed by atoms with van der Waals surface area (Å²) in [7, 11) is 0. The van der Waals surface area contributed by atoms with Crippen molar-refractivity contribution in [2.75, 3.05) is 18.4 Å². The van der Waals surface area contributed by atoms with Gasteiger partial charge in [0, 0.05) is 36.9 Å². The Morgan fingerprint density at radius 3 is 2.39 bits per heavy atom. The lowest BCUT2D eigenvalue weighted by molar-refractivity contribution is 0.0793. The number of hydrogen-bond acceptors (Lipinski definition) is 3. The number of rotatable bonds is 5. The Hall–Kier alpha value is -1.55. The first-order valence-corrected chi connectivity index (χ1v) is 8.56. The molecule has 2 N–H and O–H groups in total. The molecule has 1 heterocycles. The molecule has 0 atom stereocenters. The van der Waals surface area contributed by atoms with Gasteiger partial charge in [0.15, 0.2) is 0 Å². The SMILES string of the molecule is OC1CCN(Cc2ccccc2NCc2ccccc2Cl)CC1. The maximum atomic E-state index is 9.63. The average Bonchev–Trinajstić information content (AvgIpc) is 2.57. The first kappa shape index (κ1) is 16.3. The Morgan fingerprint density at radius 2 is 1.65 bits per heavy atom. The van der Waals surface area contributed by atoms with Crippen LogP contribution in [0.15, 0.2) is 48.5 Å². The molecule has 0 aromatic heterocycles. The molecule has 0 unspecified atom stereocenters. The highest BCUT2D eigenvalue weighted by Gasteiger charge is 2.17. The summed E-state index contributed by atoms with van der Waals surface area (Å²) < 4.78 is 0. The average molecular weight is 331 g/mol. The zero-order chi connectivity index (χ0) is 16.1. The summed E-state index contributed by atoms with van der Waals surface area (Å²) in [6, 6.07) is 16.3. The standard InChI is InChI=1S/C19H23ClN2O/c20-18-7-3-1-5-15(18)13-21-19-8-4-2-6-16(19)14-22-11-9-17(23)10-12-22/h1-8,17,21,23H,9-14H2. The summed E-state index contributed by atoms with van der Waals surface area (Å²) in [4.78, 5) is 2.41. The minimum absolute atomic E-state index is 0.125. The fourth-order valence-electron chi connectivity index (χ4n) is 2.98. The molecule has 0 aliphatic carbocycles. The topological polar surface area (TPSA) is 35.5 Å². The van der Waals surface area contributed by atoms with E-state index in [9.17, 15) is 5.11 Å². The van der Waals surface area contributed by atoms with E-state index >= 15 is 0 Å². The van der Waals surface area contributed by atoms with Crippen LogP contribution in [0.3, 0.4) is 0 Å². The number of aliphatic hydroxyl groups excluding tert-OH is 1. The highest BCUT2D eigenvalue weighted by atomic mass is 35.5. The number of piperidine rings is 1. The second-order valence-corrected chi connectivity index (χ2v) is 6.52. The van der Waals surface area contributed by atoms with E-state index in [1.807, 2.05) is 24.3 Å². The van der Waals surface area contributed by atoms with Crippen molar-refractivity contribution in [2.24, 2.45) is 0 Å². The van der Waals surface area contributed by atoms with Gasteiger partial charge in [0.25, 0.3) is 0 Å². The number of nitrogens with zero attached hydrogens (tertiary/aromatic N) is 1. The fourth-order valence-corrected chi connectivity index (χ4v) is 3.18. The molecular weight excluding hydrogens is 308 g/mol. The molecule has 2 aromatic rings. The minimum atomic E-state index is -0.125. The molecule has 0 radical (unpaired) electrons. The Labute approximate surface area is 142 Å². The zero-order valence-electron chi connectivity index (χ0n) is 13.2. The van der Waals surface area contributed by atoms with Gasteiger partial charge in [-0.05, 0) is 36.1 Å². The molecular formula is C19H23ClN2O. The Morgan fingerprint density at radius 1 is 1.00 bits per heavy atom. The molecule has 1 aliphatic rings. The summed E-state index contributed by atoms with van der Waals surface area (Å²) in [5.74, 6) is 0. The van der Waals surface area contributed by atoms with Crippen LogP contribution >= 0.6 is 11.6 Å². The van der Waals surface area contributed by atoms with Crippen molar-refractivity contribution in [1.82, 2.24) is 4.90 Å². The van der Waals surface area contributed by atoms with Crippen LogP contribution < -0.4 is 5.32 Å². The molecule has 3 nitrogen and oxygen atoms in total. The van der Waals surface area contributed by atoms with Gasteiger partial charge in [-0.15, -0.1) is 0 Å². The molecule has 3 rings (SSSR count). The highest BCUT2D eigenvalue weighted by Crippen LogP contribution is 2.22. The number of hydrogen-bond donors (Lipinski definition) is 2. The zero-order valence-corrected chi connectivity index (χ0v) is 14.0. The van der Waals surface area contributed by atoms with Crippen molar-refractivity contribution in [2.45, 2.75) is 32.0 Å². The van der Waals surface area contributed by atoms with E-state index in [-0.39, 0.29) is 6.10 Å². The number of para-hydroxylation sites is 1. The van der Waals surface area contributed by atoms with Crippen molar-refractivity contribution in [3.05, 3.63) is 64.7 Å². The number of halogens is 1. The van der Waals surface area contributed by atoms with Gasteiger partial charge in [0.05, 0.1) is 6.10 Å². The van der Waals surface area contributed by atoms with E-state index in [0.717, 1.165) is 55.3 Å². The van der Waals surface area contributed by atoms with Crippen LogP contribution in [0.1, 0.15) is 24.0 Å². The molecule has 2 aromatic carbocycles. The molecule has 0 amide bonds. The molecule has 0 bridgehead atoms. The smallest absolute Gasteiger partial charge is 0.0564 e. The highest BCUT2D eigenvalue weighted by molar-refractivity contribution is 6.31. The largest absolute Gasteiger partial charge is 0.393 e. The van der Waals surface area contributed by atoms with Gasteiger partial charge >= 0.3 is 0 Å². The number of aliphatic hydroxyl groups is 1. The lowest BCUT2D eigenvalue weighted by atomic mass is 10.1. The van der Waals surface area contributed by atoms with E-state index in [2.05, 4.69) is 34.5 Å². The van der Waals surface area contributed by atoms with Gasteiger partial charge in [0.1, 0.15) is 0 Å². The third-order valence-electron chi connectivity index (χ3n) is 4.40. The van der Waals surface area contributed by atoms with Crippen molar-refractivity contribution in [3.63, 3.8) is 0 Å². The summed E-state index contributed by atoms with van der Waals surface area (Å²) >= 11 is 6.23. The molecule has 122 valence electrons. The van der Waals surface area contributed by atoms with E-state index in [1.165, 1.54) is 5.56 Å². The van der Waals surface area contributed by atoms with Crippen LogP contribution in [0, 0.1) is 0 Å². The molecule has 0 saturated carbocycles. The number of nitrogens with one attached hydrogen (secondary N) is 1. The van der Waals surface area contributed by atoms with Gasteiger partial charge < -0.3 is 10.4 Å². The van der Waals surface area contributed by atoms with Crippen LogP contribution in [0.2, 0.25) is 5.02 Å². The first-order valence-electron chi connectivity index (χ1n) is 8.18. The molecule has 1 fully saturated rings. The molecule has 4 heteroatoms. The molecule has 23 heavy (non-hydrogen) atoms. The first-order chi connectivity index (χ1) is 11.2. The van der Waals surface area contributed by atoms with Gasteiger partial charge in [0.2, 0.25) is 0 Å². The Bertz CT molecular complexity index is 639. The van der Waals surface area contributed by atoms with E-state index in [4.69, 9.17) is 11.6 Å². The van der Waals surface area contributed by atoms with Gasteiger partial charge in [-0.3, -0.25) is 4.90 Å². The predicted molar refractivity (Wildman–Crippen MR) is 95.7 cm³/mol. The van der Waals surface area contributed by atoms with Crippen LogP contribution in [-0.4, -0.2) is 29.2 Å². The number of benzene rings is 2. The van der Waals surface area contributed by atoms with Crippen molar-refractivity contribution in [3.8, 4) is 0 Å². The Kier molecular flexibility index (Phi) is 5.55. The predicted octanol–water partition coefficient (Wildman–Crippen LogP) is 3.91.